The normalized spacial score (nSPS) is 13.2. The summed E-state index contributed by atoms with van der Waals surface area (Å²) < 4.78 is 27.6. The van der Waals surface area contributed by atoms with Crippen LogP contribution in [0.1, 0.15) is 19.4 Å². The number of carbonyl (C=O) groups excluding carboxylic acids is 1. The number of nitrogens with two attached hydrogens (primary N) is 1. The number of primary amides is 1. The van der Waals surface area contributed by atoms with Crippen LogP contribution >= 0.6 is 11.6 Å². The summed E-state index contributed by atoms with van der Waals surface area (Å²) in [5.74, 6) is -3.23. The Morgan fingerprint density at radius 3 is 2.12 bits per heavy atom. The number of benzene rings is 1. The Kier molecular flexibility index (Phi) is 3.88. The van der Waals surface area contributed by atoms with E-state index in [0.29, 0.717) is 5.02 Å². The first-order chi connectivity index (χ1) is 7.76. The molecule has 0 radical (unpaired) electrons. The van der Waals surface area contributed by atoms with Crippen molar-refractivity contribution in [2.75, 3.05) is 0 Å². The summed E-state index contributed by atoms with van der Waals surface area (Å²) in [5, 5.41) is 0.413. The van der Waals surface area contributed by atoms with Gasteiger partial charge in [-0.15, -0.1) is 0 Å². The molecule has 0 spiro atoms. The number of halogens is 3. The molecule has 0 aliphatic rings. The predicted molar refractivity (Wildman–Crippen MR) is 63.6 cm³/mol. The monoisotopic (exact) mass is 259 g/mol. The van der Waals surface area contributed by atoms with Crippen molar-refractivity contribution >= 4 is 23.3 Å². The summed E-state index contributed by atoms with van der Waals surface area (Å²) in [6, 6.07) is 5.52. The first-order valence-electron chi connectivity index (χ1n) is 4.88. The van der Waals surface area contributed by atoms with Crippen LogP contribution in [0.5, 0.6) is 0 Å². The third kappa shape index (κ3) is 2.82. The Labute approximate surface area is 103 Å². The standard InChI is InChI=1S/C12H12ClF2NO/c1-12(2,11(16)17)10(15)9(14)7-3-5-8(13)6-4-7/h3-6H,1-2H3,(H2,16,17)/b10-9-. The molecule has 0 fully saturated rings. The van der Waals surface area contributed by atoms with Gasteiger partial charge in [0.15, 0.2) is 11.7 Å². The van der Waals surface area contributed by atoms with Gasteiger partial charge >= 0.3 is 0 Å². The van der Waals surface area contributed by atoms with Crippen molar-refractivity contribution < 1.29 is 13.6 Å². The van der Waals surface area contributed by atoms with E-state index in [2.05, 4.69) is 0 Å². The molecular formula is C12H12ClF2NO. The molecule has 2 nitrogen and oxygen atoms in total. The van der Waals surface area contributed by atoms with Crippen LogP contribution in [0.3, 0.4) is 0 Å². The second-order valence-electron chi connectivity index (χ2n) is 4.12. The Morgan fingerprint density at radius 1 is 1.24 bits per heavy atom. The van der Waals surface area contributed by atoms with Gasteiger partial charge in [-0.3, -0.25) is 4.79 Å². The third-order valence-corrected chi connectivity index (χ3v) is 2.71. The van der Waals surface area contributed by atoms with Gasteiger partial charge in [-0.25, -0.2) is 8.78 Å². The van der Waals surface area contributed by atoms with Gasteiger partial charge < -0.3 is 5.73 Å². The molecule has 0 heterocycles. The molecule has 0 atom stereocenters. The van der Waals surface area contributed by atoms with Gasteiger partial charge in [0.2, 0.25) is 5.91 Å². The average molecular weight is 260 g/mol. The maximum absolute atomic E-state index is 13.8. The zero-order chi connectivity index (χ0) is 13.2. The van der Waals surface area contributed by atoms with Crippen LogP contribution in [0.15, 0.2) is 30.1 Å². The van der Waals surface area contributed by atoms with E-state index in [1.165, 1.54) is 38.1 Å². The van der Waals surface area contributed by atoms with E-state index in [1.807, 2.05) is 0 Å². The van der Waals surface area contributed by atoms with Crippen molar-refractivity contribution in [3.63, 3.8) is 0 Å². The fourth-order valence-corrected chi connectivity index (χ4v) is 1.23. The minimum Gasteiger partial charge on any atom is -0.369 e. The smallest absolute Gasteiger partial charge is 0.230 e. The summed E-state index contributed by atoms with van der Waals surface area (Å²) in [7, 11) is 0. The Balaban J connectivity index is 3.22. The summed E-state index contributed by atoms with van der Waals surface area (Å²) in [6.07, 6.45) is 0. The van der Waals surface area contributed by atoms with Gasteiger partial charge in [0.25, 0.3) is 0 Å². The van der Waals surface area contributed by atoms with Crippen LogP contribution in [-0.4, -0.2) is 5.91 Å². The van der Waals surface area contributed by atoms with Crippen molar-refractivity contribution in [2.45, 2.75) is 13.8 Å². The van der Waals surface area contributed by atoms with E-state index in [-0.39, 0.29) is 5.56 Å². The summed E-state index contributed by atoms with van der Waals surface area (Å²) in [5.41, 5.74) is 3.35. The van der Waals surface area contributed by atoms with Crippen molar-refractivity contribution in [1.29, 1.82) is 0 Å². The molecule has 0 aromatic heterocycles. The first kappa shape index (κ1) is 13.6. The predicted octanol–water partition coefficient (Wildman–Crippen LogP) is 3.46. The van der Waals surface area contributed by atoms with Gasteiger partial charge in [0.1, 0.15) is 0 Å². The summed E-state index contributed by atoms with van der Waals surface area (Å²) in [6.45, 7) is 2.44. The van der Waals surface area contributed by atoms with Gasteiger partial charge in [-0.05, 0) is 26.0 Å². The van der Waals surface area contributed by atoms with Crippen LogP contribution in [0, 0.1) is 5.41 Å². The van der Waals surface area contributed by atoms with Gasteiger partial charge in [0, 0.05) is 10.6 Å². The third-order valence-electron chi connectivity index (χ3n) is 2.46. The molecule has 0 bridgehead atoms. The highest BCUT2D eigenvalue weighted by Crippen LogP contribution is 2.34. The van der Waals surface area contributed by atoms with Crippen LogP contribution in [0.2, 0.25) is 5.02 Å². The lowest BCUT2D eigenvalue weighted by Gasteiger charge is -2.18. The molecule has 0 aliphatic heterocycles. The topological polar surface area (TPSA) is 43.1 Å². The van der Waals surface area contributed by atoms with E-state index in [4.69, 9.17) is 17.3 Å². The first-order valence-corrected chi connectivity index (χ1v) is 5.26. The number of hydrogen-bond acceptors (Lipinski definition) is 1. The zero-order valence-corrected chi connectivity index (χ0v) is 10.2. The van der Waals surface area contributed by atoms with Gasteiger partial charge in [-0.2, -0.15) is 0 Å². The largest absolute Gasteiger partial charge is 0.369 e. The lowest BCUT2D eigenvalue weighted by atomic mass is 9.89. The van der Waals surface area contributed by atoms with E-state index in [9.17, 15) is 13.6 Å². The summed E-state index contributed by atoms with van der Waals surface area (Å²) >= 11 is 5.63. The molecule has 17 heavy (non-hydrogen) atoms. The lowest BCUT2D eigenvalue weighted by Crippen LogP contribution is -2.32. The van der Waals surface area contributed by atoms with Crippen molar-refractivity contribution in [3.8, 4) is 0 Å². The van der Waals surface area contributed by atoms with Gasteiger partial charge in [-0.1, -0.05) is 23.7 Å². The van der Waals surface area contributed by atoms with E-state index in [1.54, 1.807) is 0 Å². The minimum absolute atomic E-state index is 0.0150. The minimum atomic E-state index is -1.68. The van der Waals surface area contributed by atoms with Crippen molar-refractivity contribution in [2.24, 2.45) is 11.1 Å². The highest BCUT2D eigenvalue weighted by molar-refractivity contribution is 6.30. The molecule has 0 saturated heterocycles. The quantitative estimate of drug-likeness (QED) is 0.888. The number of rotatable bonds is 3. The number of carbonyl (C=O) groups is 1. The van der Waals surface area contributed by atoms with E-state index in [0.717, 1.165) is 0 Å². The van der Waals surface area contributed by atoms with Gasteiger partial charge in [0.05, 0.1) is 5.41 Å². The second-order valence-corrected chi connectivity index (χ2v) is 4.56. The average Bonchev–Trinajstić information content (AvgIpc) is 2.27. The molecule has 1 amide bonds. The molecule has 0 unspecified atom stereocenters. The molecule has 2 N–H and O–H groups in total. The fourth-order valence-electron chi connectivity index (χ4n) is 1.11. The van der Waals surface area contributed by atoms with Crippen LogP contribution in [0.25, 0.3) is 5.83 Å². The van der Waals surface area contributed by atoms with E-state index >= 15 is 0 Å². The van der Waals surface area contributed by atoms with Crippen molar-refractivity contribution in [3.05, 3.63) is 40.7 Å². The molecule has 92 valence electrons. The van der Waals surface area contributed by atoms with Crippen LogP contribution in [0.4, 0.5) is 8.78 Å². The Hall–Kier alpha value is -1.42. The Bertz CT molecular complexity index is 466. The molecular weight excluding hydrogens is 248 g/mol. The molecule has 0 aliphatic carbocycles. The molecule has 1 aromatic carbocycles. The zero-order valence-electron chi connectivity index (χ0n) is 9.43. The SMILES string of the molecule is CC(C)(C(N)=O)/C(F)=C(/F)c1ccc(Cl)cc1. The second kappa shape index (κ2) is 4.84. The molecule has 0 saturated carbocycles. The van der Waals surface area contributed by atoms with Crippen LogP contribution in [-0.2, 0) is 4.79 Å². The molecule has 1 rings (SSSR count). The number of hydrogen-bond donors (Lipinski definition) is 1. The highest BCUT2D eigenvalue weighted by Gasteiger charge is 2.34. The molecule has 1 aromatic rings. The maximum Gasteiger partial charge on any atom is 0.230 e. The fraction of sp³-hybridized carbons (Fsp3) is 0.250. The summed E-state index contributed by atoms with van der Waals surface area (Å²) in [4.78, 5) is 11.0. The van der Waals surface area contributed by atoms with Crippen LogP contribution < -0.4 is 5.73 Å². The highest BCUT2D eigenvalue weighted by atomic mass is 35.5. The maximum atomic E-state index is 13.8. The molecule has 5 heteroatoms. The lowest BCUT2D eigenvalue weighted by molar-refractivity contribution is -0.124. The Morgan fingerprint density at radius 2 is 1.71 bits per heavy atom. The number of amides is 1. The van der Waals surface area contributed by atoms with Crippen molar-refractivity contribution in [1.82, 2.24) is 0 Å². The van der Waals surface area contributed by atoms with E-state index < -0.39 is 23.0 Å².